The third kappa shape index (κ3) is 2.05. The van der Waals surface area contributed by atoms with E-state index in [4.69, 9.17) is 4.74 Å². The zero-order chi connectivity index (χ0) is 16.9. The summed E-state index contributed by atoms with van der Waals surface area (Å²) in [5.74, 6) is 1.53. The van der Waals surface area contributed by atoms with Gasteiger partial charge in [0.2, 0.25) is 0 Å². The molecule has 0 radical (unpaired) electrons. The summed E-state index contributed by atoms with van der Waals surface area (Å²) in [4.78, 5) is 14.9. The van der Waals surface area contributed by atoms with Gasteiger partial charge < -0.3 is 9.84 Å². The average molecular weight is 327 g/mol. The fraction of sp³-hybridized carbons (Fsp3) is 0.550. The number of phenols is 1. The quantitative estimate of drug-likeness (QED) is 0.868. The minimum atomic E-state index is -0.218. The maximum Gasteiger partial charge on any atom is 0.161 e. The average Bonchev–Trinajstić information content (AvgIpc) is 2.57. The molecule has 4 heteroatoms. The van der Waals surface area contributed by atoms with Gasteiger partial charge in [0, 0.05) is 36.4 Å². The predicted octanol–water partition coefficient (Wildman–Crippen LogP) is 2.82. The molecule has 2 bridgehead atoms. The van der Waals surface area contributed by atoms with Crippen molar-refractivity contribution in [3.63, 3.8) is 0 Å². The number of Topliss-reactive ketones (excluding diaryl/α,β-unsaturated/α-hetero) is 1. The number of aromatic hydroxyl groups is 1. The topological polar surface area (TPSA) is 49.8 Å². The van der Waals surface area contributed by atoms with E-state index in [0.29, 0.717) is 36.3 Å². The summed E-state index contributed by atoms with van der Waals surface area (Å²) in [6.07, 6.45) is 5.98. The number of nitrogens with zero attached hydrogens (tertiary/aromatic N) is 1. The molecule has 1 saturated carbocycles. The first-order valence-electron chi connectivity index (χ1n) is 8.86. The van der Waals surface area contributed by atoms with Gasteiger partial charge in [0.25, 0.3) is 0 Å². The molecule has 1 aromatic carbocycles. The summed E-state index contributed by atoms with van der Waals surface area (Å²) in [5.41, 5.74) is 1.96. The second-order valence-corrected chi connectivity index (χ2v) is 7.47. The summed E-state index contributed by atoms with van der Waals surface area (Å²) in [5, 5.41) is 10.9. The maximum atomic E-state index is 12.4. The highest BCUT2D eigenvalue weighted by atomic mass is 16.5. The molecule has 2 fully saturated rings. The Labute approximate surface area is 143 Å². The van der Waals surface area contributed by atoms with E-state index in [9.17, 15) is 9.90 Å². The van der Waals surface area contributed by atoms with E-state index in [1.54, 1.807) is 7.11 Å². The second kappa shape index (κ2) is 5.62. The summed E-state index contributed by atoms with van der Waals surface area (Å²) >= 11 is 0. The molecule has 4 nitrogen and oxygen atoms in total. The monoisotopic (exact) mass is 327 g/mol. The number of carbonyl (C=O) groups excluding carboxylic acids is 1. The van der Waals surface area contributed by atoms with Gasteiger partial charge in [0.05, 0.1) is 7.11 Å². The van der Waals surface area contributed by atoms with Gasteiger partial charge in [-0.15, -0.1) is 6.58 Å². The highest BCUT2D eigenvalue weighted by Crippen LogP contribution is 2.58. The Morgan fingerprint density at radius 2 is 2.33 bits per heavy atom. The normalized spacial score (nSPS) is 32.0. The molecule has 0 spiro atoms. The summed E-state index contributed by atoms with van der Waals surface area (Å²) < 4.78 is 5.35. The lowest BCUT2D eigenvalue weighted by atomic mass is 9.52. The Kier molecular flexibility index (Phi) is 3.68. The van der Waals surface area contributed by atoms with E-state index in [2.05, 4.69) is 17.5 Å². The van der Waals surface area contributed by atoms with Crippen LogP contribution in [0.4, 0.5) is 0 Å². The van der Waals surface area contributed by atoms with Crippen molar-refractivity contribution in [1.82, 2.24) is 4.90 Å². The molecule has 1 N–H and O–H groups in total. The highest BCUT2D eigenvalue weighted by Gasteiger charge is 2.56. The Bertz CT molecular complexity index is 698. The predicted molar refractivity (Wildman–Crippen MR) is 92.6 cm³/mol. The molecule has 2 aliphatic carbocycles. The number of likely N-dealkylation sites (tertiary alicyclic amines) is 1. The van der Waals surface area contributed by atoms with Crippen molar-refractivity contribution in [2.24, 2.45) is 5.92 Å². The van der Waals surface area contributed by atoms with E-state index >= 15 is 0 Å². The highest BCUT2D eigenvalue weighted by molar-refractivity contribution is 5.82. The van der Waals surface area contributed by atoms with Crippen molar-refractivity contribution in [2.45, 2.75) is 43.6 Å². The van der Waals surface area contributed by atoms with Crippen LogP contribution in [0.3, 0.4) is 0 Å². The van der Waals surface area contributed by atoms with Crippen LogP contribution in [0.2, 0.25) is 0 Å². The van der Waals surface area contributed by atoms with Gasteiger partial charge in [0.15, 0.2) is 11.5 Å². The van der Waals surface area contributed by atoms with Crippen LogP contribution < -0.4 is 4.74 Å². The lowest BCUT2D eigenvalue weighted by Crippen LogP contribution is -2.61. The lowest BCUT2D eigenvalue weighted by Gasteiger charge is -2.58. The first kappa shape index (κ1) is 15.7. The van der Waals surface area contributed by atoms with Crippen LogP contribution in [0.5, 0.6) is 11.5 Å². The van der Waals surface area contributed by atoms with Gasteiger partial charge in [-0.3, -0.25) is 9.69 Å². The van der Waals surface area contributed by atoms with Crippen molar-refractivity contribution >= 4 is 5.78 Å². The Hall–Kier alpha value is -1.81. The smallest absolute Gasteiger partial charge is 0.161 e. The lowest BCUT2D eigenvalue weighted by molar-refractivity contribution is -0.127. The Morgan fingerprint density at radius 3 is 3.08 bits per heavy atom. The van der Waals surface area contributed by atoms with Gasteiger partial charge in [-0.25, -0.2) is 0 Å². The van der Waals surface area contributed by atoms with E-state index in [1.165, 1.54) is 5.56 Å². The number of hydrogen-bond donors (Lipinski definition) is 1. The van der Waals surface area contributed by atoms with Crippen LogP contribution in [0.25, 0.3) is 0 Å². The number of piperidine rings is 1. The fourth-order valence-electron chi connectivity index (χ4n) is 5.55. The van der Waals surface area contributed by atoms with Crippen molar-refractivity contribution in [3.8, 4) is 11.5 Å². The molecule has 3 atom stereocenters. The van der Waals surface area contributed by atoms with Crippen LogP contribution in [0.1, 0.15) is 36.8 Å². The number of ether oxygens (including phenoxy) is 1. The SMILES string of the molecule is C=CCN1CC[C@@]23CC(=O)CCC2C1Cc1ccc(OC)c(O)c13. The first-order valence-corrected chi connectivity index (χ1v) is 8.86. The van der Waals surface area contributed by atoms with Crippen LogP contribution in [0, 0.1) is 5.92 Å². The van der Waals surface area contributed by atoms with Crippen molar-refractivity contribution in [2.75, 3.05) is 20.2 Å². The van der Waals surface area contributed by atoms with Crippen LogP contribution in [-0.2, 0) is 16.6 Å². The van der Waals surface area contributed by atoms with Gasteiger partial charge >= 0.3 is 0 Å². The number of fused-ring (bicyclic) bond motifs is 1. The van der Waals surface area contributed by atoms with Gasteiger partial charge in [0.1, 0.15) is 5.78 Å². The van der Waals surface area contributed by atoms with Gasteiger partial charge in [-0.1, -0.05) is 12.1 Å². The van der Waals surface area contributed by atoms with E-state index in [1.807, 2.05) is 12.1 Å². The third-order valence-corrected chi connectivity index (χ3v) is 6.47. The van der Waals surface area contributed by atoms with Crippen molar-refractivity contribution < 1.29 is 14.6 Å². The molecule has 1 heterocycles. The molecule has 3 aliphatic rings. The number of ketones is 1. The number of phenolic OH excluding ortho intramolecular Hbond substituents is 1. The zero-order valence-electron chi connectivity index (χ0n) is 14.3. The largest absolute Gasteiger partial charge is 0.504 e. The Morgan fingerprint density at radius 1 is 1.50 bits per heavy atom. The number of methoxy groups -OCH3 is 1. The number of benzene rings is 1. The standard InChI is InChI=1S/C20H25NO3/c1-3-9-21-10-8-20-12-14(22)5-6-15(20)16(21)11-13-4-7-17(24-2)19(23)18(13)20/h3-4,7,15-16,23H,1,5-6,8-12H2,2H3/t15?,16?,20-/m1/s1. The second-order valence-electron chi connectivity index (χ2n) is 7.47. The molecule has 0 amide bonds. The molecule has 0 aromatic heterocycles. The number of carbonyl (C=O) groups is 1. The summed E-state index contributed by atoms with van der Waals surface area (Å²) in [6, 6.07) is 4.36. The van der Waals surface area contributed by atoms with Gasteiger partial charge in [-0.05, 0) is 43.4 Å². The first-order chi connectivity index (χ1) is 11.6. The molecular formula is C20H25NO3. The van der Waals surface area contributed by atoms with Crippen LogP contribution in [0.15, 0.2) is 24.8 Å². The molecule has 1 aliphatic heterocycles. The summed E-state index contributed by atoms with van der Waals surface area (Å²) in [6.45, 7) is 5.75. The van der Waals surface area contributed by atoms with E-state index in [-0.39, 0.29) is 11.2 Å². The third-order valence-electron chi connectivity index (χ3n) is 6.47. The minimum Gasteiger partial charge on any atom is -0.504 e. The Balaban J connectivity index is 1.89. The minimum absolute atomic E-state index is 0.218. The fourth-order valence-corrected chi connectivity index (χ4v) is 5.55. The molecule has 1 aromatic rings. The number of hydrogen-bond acceptors (Lipinski definition) is 4. The van der Waals surface area contributed by atoms with Crippen LogP contribution in [-0.4, -0.2) is 42.0 Å². The molecule has 24 heavy (non-hydrogen) atoms. The molecule has 4 rings (SSSR count). The molecule has 128 valence electrons. The van der Waals surface area contributed by atoms with Crippen molar-refractivity contribution in [1.29, 1.82) is 0 Å². The van der Waals surface area contributed by atoms with E-state index in [0.717, 1.165) is 37.9 Å². The molecular weight excluding hydrogens is 302 g/mol. The van der Waals surface area contributed by atoms with Gasteiger partial charge in [-0.2, -0.15) is 0 Å². The summed E-state index contributed by atoms with van der Waals surface area (Å²) in [7, 11) is 1.58. The maximum absolute atomic E-state index is 12.4. The zero-order valence-corrected chi connectivity index (χ0v) is 14.3. The number of rotatable bonds is 3. The molecule has 2 unspecified atom stereocenters. The van der Waals surface area contributed by atoms with Crippen LogP contribution >= 0.6 is 0 Å². The van der Waals surface area contributed by atoms with E-state index < -0.39 is 0 Å². The van der Waals surface area contributed by atoms with Crippen molar-refractivity contribution in [3.05, 3.63) is 35.9 Å². The molecule has 1 saturated heterocycles.